The zero-order chi connectivity index (χ0) is 12.1. The van der Waals surface area contributed by atoms with Crippen molar-refractivity contribution in [3.63, 3.8) is 0 Å². The van der Waals surface area contributed by atoms with Gasteiger partial charge in [0, 0.05) is 17.3 Å². The summed E-state index contributed by atoms with van der Waals surface area (Å²) in [6.07, 6.45) is 6.95. The van der Waals surface area contributed by atoms with E-state index in [1.54, 1.807) is 11.3 Å². The Hall–Kier alpha value is -0.800. The lowest BCUT2D eigenvalue weighted by Crippen LogP contribution is -2.31. The van der Waals surface area contributed by atoms with Gasteiger partial charge in [0.15, 0.2) is 0 Å². The minimum absolute atomic E-state index is 0.0504. The first-order chi connectivity index (χ1) is 8.33. The highest BCUT2D eigenvalue weighted by Gasteiger charge is 2.26. The van der Waals surface area contributed by atoms with Crippen LogP contribution in [0, 0.1) is 0 Å². The highest BCUT2D eigenvalue weighted by Crippen LogP contribution is 2.34. The van der Waals surface area contributed by atoms with Crippen molar-refractivity contribution in [3.8, 4) is 0 Å². The van der Waals surface area contributed by atoms with Crippen molar-refractivity contribution in [1.29, 1.82) is 0 Å². The van der Waals surface area contributed by atoms with E-state index in [9.17, 15) is 4.79 Å². The van der Waals surface area contributed by atoms with Gasteiger partial charge in [0.05, 0.1) is 5.92 Å². The number of carbonyl (C=O) groups is 1. The molecule has 1 unspecified atom stereocenters. The average molecular weight is 270 g/mol. The van der Waals surface area contributed by atoms with Crippen LogP contribution in [0.25, 0.3) is 0 Å². The summed E-state index contributed by atoms with van der Waals surface area (Å²) >= 11 is 7.29. The van der Waals surface area contributed by atoms with Crippen LogP contribution in [-0.4, -0.2) is 18.3 Å². The van der Waals surface area contributed by atoms with Gasteiger partial charge in [-0.05, 0) is 36.3 Å². The van der Waals surface area contributed by atoms with E-state index in [4.69, 9.17) is 11.6 Å². The number of amides is 1. The molecule has 0 bridgehead atoms. The van der Waals surface area contributed by atoms with Crippen LogP contribution in [0.4, 0.5) is 0 Å². The Morgan fingerprint density at radius 1 is 1.59 bits per heavy atom. The molecule has 0 saturated carbocycles. The van der Waals surface area contributed by atoms with Gasteiger partial charge in [0.25, 0.3) is 0 Å². The molecule has 1 aliphatic carbocycles. The Labute approximate surface area is 111 Å². The van der Waals surface area contributed by atoms with Crippen LogP contribution in [0.15, 0.2) is 23.6 Å². The maximum Gasteiger partial charge on any atom is 0.227 e. The molecule has 17 heavy (non-hydrogen) atoms. The molecule has 2 rings (SSSR count). The third kappa shape index (κ3) is 3.11. The van der Waals surface area contributed by atoms with Crippen LogP contribution < -0.4 is 5.32 Å². The summed E-state index contributed by atoms with van der Waals surface area (Å²) in [5.74, 6) is 0.687. The molecule has 0 aromatic carbocycles. The molecule has 1 N–H and O–H groups in total. The van der Waals surface area contributed by atoms with Gasteiger partial charge in [0.2, 0.25) is 5.91 Å². The molecule has 1 aromatic rings. The Kier molecular flexibility index (Phi) is 4.63. The molecular formula is C13H16ClNOS. The number of thiophene rings is 1. The van der Waals surface area contributed by atoms with Crippen molar-refractivity contribution in [3.05, 3.63) is 34.0 Å². The number of nitrogens with one attached hydrogen (secondary N) is 1. The van der Waals surface area contributed by atoms with Gasteiger partial charge in [-0.15, -0.1) is 22.9 Å². The first kappa shape index (κ1) is 12.7. The van der Waals surface area contributed by atoms with Crippen molar-refractivity contribution in [2.75, 3.05) is 12.4 Å². The first-order valence-corrected chi connectivity index (χ1v) is 7.29. The van der Waals surface area contributed by atoms with Gasteiger partial charge in [0.1, 0.15) is 0 Å². The topological polar surface area (TPSA) is 29.1 Å². The third-order valence-electron chi connectivity index (χ3n) is 3.02. The van der Waals surface area contributed by atoms with Crippen molar-refractivity contribution >= 4 is 28.8 Å². The number of carbonyl (C=O) groups excluding carboxylic acids is 1. The van der Waals surface area contributed by atoms with Crippen LogP contribution in [0.3, 0.4) is 0 Å². The fourth-order valence-corrected chi connectivity index (χ4v) is 3.30. The Morgan fingerprint density at radius 2 is 2.47 bits per heavy atom. The van der Waals surface area contributed by atoms with Crippen LogP contribution in [-0.2, 0) is 11.2 Å². The molecule has 1 aliphatic rings. The van der Waals surface area contributed by atoms with E-state index in [1.807, 2.05) is 12.2 Å². The normalized spacial score (nSPS) is 19.2. The third-order valence-corrected chi connectivity index (χ3v) is 4.19. The molecule has 0 radical (unpaired) electrons. The molecule has 0 spiro atoms. The highest BCUT2D eigenvalue weighted by molar-refractivity contribution is 7.10. The molecule has 92 valence electrons. The molecule has 1 amide bonds. The van der Waals surface area contributed by atoms with Crippen molar-refractivity contribution in [2.45, 2.75) is 25.2 Å². The minimum Gasteiger partial charge on any atom is -0.352 e. The molecular weight excluding hydrogens is 254 g/mol. The summed E-state index contributed by atoms with van der Waals surface area (Å²) in [6.45, 7) is 0.571. The Bertz CT molecular complexity index is 413. The summed E-state index contributed by atoms with van der Waals surface area (Å²) in [4.78, 5) is 13.4. The molecule has 0 aliphatic heterocycles. The molecule has 0 fully saturated rings. The van der Waals surface area contributed by atoms with Gasteiger partial charge in [-0.2, -0.15) is 0 Å². The van der Waals surface area contributed by atoms with Crippen LogP contribution in [0.5, 0.6) is 0 Å². The molecule has 2 nitrogen and oxygen atoms in total. The molecule has 1 aromatic heterocycles. The number of alkyl halides is 1. The predicted octanol–water partition coefficient (Wildman–Crippen LogP) is 3.08. The van der Waals surface area contributed by atoms with E-state index in [1.165, 1.54) is 10.4 Å². The summed E-state index contributed by atoms with van der Waals surface area (Å²) < 4.78 is 0. The molecule has 1 atom stereocenters. The summed E-state index contributed by atoms with van der Waals surface area (Å²) in [5, 5.41) is 5.03. The van der Waals surface area contributed by atoms with Gasteiger partial charge < -0.3 is 5.32 Å². The number of aryl methyl sites for hydroxylation is 1. The van der Waals surface area contributed by atoms with Crippen molar-refractivity contribution < 1.29 is 4.79 Å². The van der Waals surface area contributed by atoms with Crippen molar-refractivity contribution in [2.24, 2.45) is 0 Å². The largest absolute Gasteiger partial charge is 0.352 e. The molecule has 4 heteroatoms. The Morgan fingerprint density at radius 3 is 3.29 bits per heavy atom. The van der Waals surface area contributed by atoms with E-state index in [0.717, 1.165) is 19.3 Å². The van der Waals surface area contributed by atoms with Gasteiger partial charge >= 0.3 is 0 Å². The second-order valence-corrected chi connectivity index (χ2v) is 5.42. The van der Waals surface area contributed by atoms with E-state index in [2.05, 4.69) is 16.8 Å². The van der Waals surface area contributed by atoms with Gasteiger partial charge in [-0.3, -0.25) is 4.79 Å². The fourth-order valence-electron chi connectivity index (χ4n) is 2.19. The minimum atomic E-state index is 0.0504. The number of fused-ring (bicyclic) bond motifs is 1. The second kappa shape index (κ2) is 6.22. The van der Waals surface area contributed by atoms with Crippen molar-refractivity contribution in [1.82, 2.24) is 5.32 Å². The van der Waals surface area contributed by atoms with Crippen LogP contribution in [0.1, 0.15) is 29.2 Å². The highest BCUT2D eigenvalue weighted by atomic mass is 35.5. The lowest BCUT2D eigenvalue weighted by molar-refractivity contribution is -0.122. The smallest absolute Gasteiger partial charge is 0.227 e. The monoisotopic (exact) mass is 269 g/mol. The van der Waals surface area contributed by atoms with Crippen LogP contribution in [0.2, 0.25) is 0 Å². The maximum atomic E-state index is 12.0. The molecule has 1 heterocycles. The fraction of sp³-hybridized carbons (Fsp3) is 0.462. The quantitative estimate of drug-likeness (QED) is 0.661. The number of rotatable bonds is 4. The van der Waals surface area contributed by atoms with E-state index in [-0.39, 0.29) is 11.8 Å². The summed E-state index contributed by atoms with van der Waals surface area (Å²) in [7, 11) is 0. The van der Waals surface area contributed by atoms with Crippen LogP contribution >= 0.6 is 22.9 Å². The number of allylic oxidation sites excluding steroid dienone is 1. The summed E-state index contributed by atoms with van der Waals surface area (Å²) in [6, 6.07) is 2.10. The zero-order valence-electron chi connectivity index (χ0n) is 9.62. The van der Waals surface area contributed by atoms with Gasteiger partial charge in [-0.25, -0.2) is 0 Å². The maximum absolute atomic E-state index is 12.0. The predicted molar refractivity (Wildman–Crippen MR) is 72.9 cm³/mol. The molecule has 0 saturated heterocycles. The number of hydrogen-bond donors (Lipinski definition) is 1. The Balaban J connectivity index is 1.95. The second-order valence-electron chi connectivity index (χ2n) is 4.11. The summed E-state index contributed by atoms with van der Waals surface area (Å²) in [5.41, 5.74) is 1.24. The zero-order valence-corrected chi connectivity index (χ0v) is 11.2. The lowest BCUT2D eigenvalue weighted by Gasteiger charge is -2.21. The van der Waals surface area contributed by atoms with E-state index < -0.39 is 0 Å². The van der Waals surface area contributed by atoms with E-state index in [0.29, 0.717) is 12.4 Å². The standard InChI is InChI=1S/C13H16ClNOS/c14-7-1-2-8-15-13(16)11-4-3-5-12-10(11)6-9-17-12/h1-2,6,9,11H,3-5,7-8H2,(H,15,16)/b2-1+. The SMILES string of the molecule is O=C(NC/C=C/CCl)C1CCCc2sccc21. The number of halogens is 1. The van der Waals surface area contributed by atoms with Gasteiger partial charge in [-0.1, -0.05) is 12.2 Å². The van der Waals surface area contributed by atoms with E-state index >= 15 is 0 Å². The number of hydrogen-bond acceptors (Lipinski definition) is 2. The lowest BCUT2D eigenvalue weighted by atomic mass is 9.87. The first-order valence-electron chi connectivity index (χ1n) is 5.88. The average Bonchev–Trinajstić information content (AvgIpc) is 2.82.